The highest BCUT2D eigenvalue weighted by Crippen LogP contribution is 2.24. The topological polar surface area (TPSA) is 76.7 Å². The largest absolute Gasteiger partial charge is 0.497 e. The van der Waals surface area contributed by atoms with Crippen LogP contribution in [-0.4, -0.2) is 26.0 Å². The van der Waals surface area contributed by atoms with E-state index in [1.54, 1.807) is 42.5 Å². The monoisotopic (exact) mass is 356 g/mol. The second-order valence-electron chi connectivity index (χ2n) is 5.79. The summed E-state index contributed by atoms with van der Waals surface area (Å²) in [6, 6.07) is 12.0. The molecule has 2 aromatic carbocycles. The van der Waals surface area contributed by atoms with E-state index in [4.69, 9.17) is 9.47 Å². The Hall–Kier alpha value is -3.02. The summed E-state index contributed by atoms with van der Waals surface area (Å²) in [5.74, 6) is 0.738. The number of carbonyl (C=O) groups excluding carboxylic acids is 2. The highest BCUT2D eigenvalue weighted by molar-refractivity contribution is 6.05. The highest BCUT2D eigenvalue weighted by Gasteiger charge is 2.11. The van der Waals surface area contributed by atoms with Crippen LogP contribution in [0.5, 0.6) is 11.5 Å². The van der Waals surface area contributed by atoms with E-state index in [9.17, 15) is 9.59 Å². The normalized spacial score (nSPS) is 10.1. The predicted octanol–water partition coefficient (Wildman–Crippen LogP) is 4.08. The van der Waals surface area contributed by atoms with E-state index in [1.807, 2.05) is 6.92 Å². The van der Waals surface area contributed by atoms with Gasteiger partial charge in [0.2, 0.25) is 5.91 Å². The number of rotatable bonds is 8. The van der Waals surface area contributed by atoms with Gasteiger partial charge in [0.15, 0.2) is 0 Å². The summed E-state index contributed by atoms with van der Waals surface area (Å²) in [5, 5.41) is 5.65. The van der Waals surface area contributed by atoms with Gasteiger partial charge in [-0.3, -0.25) is 9.59 Å². The van der Waals surface area contributed by atoms with E-state index in [0.29, 0.717) is 34.9 Å². The smallest absolute Gasteiger partial charge is 0.255 e. The maximum absolute atomic E-state index is 12.5. The van der Waals surface area contributed by atoms with Gasteiger partial charge in [0.25, 0.3) is 5.91 Å². The van der Waals surface area contributed by atoms with Crippen molar-refractivity contribution >= 4 is 23.2 Å². The molecule has 0 aliphatic heterocycles. The Bertz CT molecular complexity index is 752. The minimum atomic E-state index is -0.295. The maximum atomic E-state index is 12.5. The van der Waals surface area contributed by atoms with Crippen molar-refractivity contribution in [3.8, 4) is 11.5 Å². The zero-order chi connectivity index (χ0) is 18.9. The number of unbranched alkanes of at least 4 members (excludes halogenated alkanes) is 1. The van der Waals surface area contributed by atoms with Crippen molar-refractivity contribution in [1.29, 1.82) is 0 Å². The number of benzene rings is 2. The first kappa shape index (κ1) is 19.3. The zero-order valence-electron chi connectivity index (χ0n) is 15.3. The number of methoxy groups -OCH3 is 2. The molecular weight excluding hydrogens is 332 g/mol. The van der Waals surface area contributed by atoms with Crippen molar-refractivity contribution in [2.24, 2.45) is 0 Å². The van der Waals surface area contributed by atoms with Crippen LogP contribution < -0.4 is 20.1 Å². The number of ether oxygens (including phenoxy) is 2. The predicted molar refractivity (Wildman–Crippen MR) is 102 cm³/mol. The fourth-order valence-electron chi connectivity index (χ4n) is 2.38. The number of hydrogen-bond donors (Lipinski definition) is 2. The van der Waals surface area contributed by atoms with Gasteiger partial charge in [-0.15, -0.1) is 0 Å². The molecule has 0 heterocycles. The zero-order valence-corrected chi connectivity index (χ0v) is 15.3. The van der Waals surface area contributed by atoms with Crippen LogP contribution in [0.15, 0.2) is 42.5 Å². The average molecular weight is 356 g/mol. The van der Waals surface area contributed by atoms with Crippen molar-refractivity contribution in [3.63, 3.8) is 0 Å². The fraction of sp³-hybridized carbons (Fsp3) is 0.300. The first-order valence-corrected chi connectivity index (χ1v) is 8.50. The maximum Gasteiger partial charge on any atom is 0.255 e. The third-order valence-corrected chi connectivity index (χ3v) is 3.78. The molecule has 0 spiro atoms. The Balaban J connectivity index is 2.09. The summed E-state index contributed by atoms with van der Waals surface area (Å²) >= 11 is 0. The number of anilines is 2. The summed E-state index contributed by atoms with van der Waals surface area (Å²) in [4.78, 5) is 24.4. The van der Waals surface area contributed by atoms with Crippen molar-refractivity contribution in [2.75, 3.05) is 24.9 Å². The molecule has 6 nitrogen and oxygen atoms in total. The van der Waals surface area contributed by atoms with Gasteiger partial charge in [-0.25, -0.2) is 0 Å². The lowest BCUT2D eigenvalue weighted by Gasteiger charge is -2.11. The molecule has 0 aliphatic rings. The van der Waals surface area contributed by atoms with Crippen LogP contribution >= 0.6 is 0 Å². The van der Waals surface area contributed by atoms with Gasteiger partial charge in [0.05, 0.1) is 14.2 Å². The highest BCUT2D eigenvalue weighted by atomic mass is 16.5. The fourth-order valence-corrected chi connectivity index (χ4v) is 2.38. The standard InChI is InChI=1S/C20H24N2O4/c1-4-5-9-19(23)21-15-7-6-8-16(12-15)22-20(24)14-10-17(25-2)13-18(11-14)26-3/h6-8,10-13H,4-5,9H2,1-3H3,(H,21,23)(H,22,24). The van der Waals surface area contributed by atoms with Crippen LogP contribution in [0.1, 0.15) is 36.5 Å². The molecule has 6 heteroatoms. The van der Waals surface area contributed by atoms with Crippen molar-refractivity contribution in [2.45, 2.75) is 26.2 Å². The molecule has 0 radical (unpaired) electrons. The third kappa shape index (κ3) is 5.51. The average Bonchev–Trinajstić information content (AvgIpc) is 2.66. The molecule has 2 amide bonds. The number of nitrogens with one attached hydrogen (secondary N) is 2. The van der Waals surface area contributed by atoms with Crippen LogP contribution in [0.3, 0.4) is 0 Å². The van der Waals surface area contributed by atoms with Crippen LogP contribution in [0.4, 0.5) is 11.4 Å². The molecule has 0 aromatic heterocycles. The van der Waals surface area contributed by atoms with Crippen molar-refractivity contribution in [3.05, 3.63) is 48.0 Å². The second-order valence-corrected chi connectivity index (χ2v) is 5.79. The number of amides is 2. The quantitative estimate of drug-likeness (QED) is 0.747. The SMILES string of the molecule is CCCCC(=O)Nc1cccc(NC(=O)c2cc(OC)cc(OC)c2)c1. The first-order valence-electron chi connectivity index (χ1n) is 8.50. The Morgan fingerprint density at radius 3 is 2.12 bits per heavy atom. The van der Waals surface area contributed by atoms with Gasteiger partial charge in [0, 0.05) is 29.4 Å². The van der Waals surface area contributed by atoms with Crippen molar-refractivity contribution in [1.82, 2.24) is 0 Å². The summed E-state index contributed by atoms with van der Waals surface area (Å²) in [7, 11) is 3.06. The Kier molecular flexibility index (Phi) is 7.02. The van der Waals surface area contributed by atoms with Gasteiger partial charge in [-0.1, -0.05) is 19.4 Å². The molecule has 0 saturated carbocycles. The van der Waals surface area contributed by atoms with Crippen LogP contribution in [0.2, 0.25) is 0 Å². The van der Waals surface area contributed by atoms with E-state index in [-0.39, 0.29) is 11.8 Å². The van der Waals surface area contributed by atoms with E-state index in [2.05, 4.69) is 10.6 Å². The van der Waals surface area contributed by atoms with E-state index < -0.39 is 0 Å². The summed E-state index contributed by atoms with van der Waals surface area (Å²) in [6.45, 7) is 2.04. The van der Waals surface area contributed by atoms with E-state index >= 15 is 0 Å². The van der Waals surface area contributed by atoms with Gasteiger partial charge in [0.1, 0.15) is 11.5 Å². The lowest BCUT2D eigenvalue weighted by Crippen LogP contribution is -2.14. The van der Waals surface area contributed by atoms with Gasteiger partial charge >= 0.3 is 0 Å². The van der Waals surface area contributed by atoms with E-state index in [1.165, 1.54) is 14.2 Å². The number of hydrogen-bond acceptors (Lipinski definition) is 4. The summed E-state index contributed by atoms with van der Waals surface area (Å²) in [6.07, 6.45) is 2.30. The van der Waals surface area contributed by atoms with Gasteiger partial charge in [-0.2, -0.15) is 0 Å². The molecule has 0 fully saturated rings. The van der Waals surface area contributed by atoms with E-state index in [0.717, 1.165) is 12.8 Å². The Morgan fingerprint density at radius 1 is 0.923 bits per heavy atom. The molecule has 2 rings (SSSR count). The second kappa shape index (κ2) is 9.46. The molecule has 2 N–H and O–H groups in total. The molecule has 2 aromatic rings. The van der Waals surface area contributed by atoms with Crippen molar-refractivity contribution < 1.29 is 19.1 Å². The molecule has 26 heavy (non-hydrogen) atoms. The molecule has 138 valence electrons. The van der Waals surface area contributed by atoms with Crippen LogP contribution in [0, 0.1) is 0 Å². The third-order valence-electron chi connectivity index (χ3n) is 3.78. The first-order chi connectivity index (χ1) is 12.5. The molecule has 0 saturated heterocycles. The lowest BCUT2D eigenvalue weighted by atomic mass is 10.1. The minimum absolute atomic E-state index is 0.0344. The summed E-state index contributed by atoms with van der Waals surface area (Å²) < 4.78 is 10.4. The summed E-state index contributed by atoms with van der Waals surface area (Å²) in [5.41, 5.74) is 1.65. The Labute approximate surface area is 153 Å². The molecule has 0 atom stereocenters. The van der Waals surface area contributed by atoms with Gasteiger partial charge < -0.3 is 20.1 Å². The van der Waals surface area contributed by atoms with Crippen LogP contribution in [0.25, 0.3) is 0 Å². The molecule has 0 unspecified atom stereocenters. The lowest BCUT2D eigenvalue weighted by molar-refractivity contribution is -0.116. The molecule has 0 bridgehead atoms. The van der Waals surface area contributed by atoms with Crippen LogP contribution in [-0.2, 0) is 4.79 Å². The Morgan fingerprint density at radius 2 is 1.54 bits per heavy atom. The minimum Gasteiger partial charge on any atom is -0.497 e. The number of carbonyl (C=O) groups is 2. The molecular formula is C20H24N2O4. The molecule has 0 aliphatic carbocycles. The van der Waals surface area contributed by atoms with Gasteiger partial charge in [-0.05, 0) is 36.8 Å².